The molecule has 132 valence electrons. The minimum absolute atomic E-state index is 0.0199. The van der Waals surface area contributed by atoms with Gasteiger partial charge < -0.3 is 15.5 Å². The van der Waals surface area contributed by atoms with Crippen molar-refractivity contribution in [1.82, 2.24) is 5.32 Å². The molecule has 1 aliphatic heterocycles. The fraction of sp³-hybridized carbons (Fsp3) is 0.381. The highest BCUT2D eigenvalue weighted by Gasteiger charge is 2.11. The number of nitrogens with one attached hydrogen (secondary N) is 2. The van der Waals surface area contributed by atoms with Gasteiger partial charge in [-0.2, -0.15) is 0 Å². The largest absolute Gasteiger partial charge is 0.372 e. The van der Waals surface area contributed by atoms with Crippen molar-refractivity contribution >= 4 is 17.3 Å². The molecular weight excluding hydrogens is 310 g/mol. The molecule has 1 saturated heterocycles. The van der Waals surface area contributed by atoms with Gasteiger partial charge in [0.2, 0.25) is 5.91 Å². The third-order valence-corrected chi connectivity index (χ3v) is 4.74. The van der Waals surface area contributed by atoms with Crippen molar-refractivity contribution in [1.29, 1.82) is 0 Å². The summed E-state index contributed by atoms with van der Waals surface area (Å²) in [5, 5.41) is 6.22. The summed E-state index contributed by atoms with van der Waals surface area (Å²) < 4.78 is 0. The van der Waals surface area contributed by atoms with Gasteiger partial charge in [-0.15, -0.1) is 0 Å². The molecule has 1 heterocycles. The first kappa shape index (κ1) is 17.5. The van der Waals surface area contributed by atoms with E-state index in [1.807, 2.05) is 30.3 Å². The van der Waals surface area contributed by atoms with Crippen molar-refractivity contribution in [3.8, 4) is 0 Å². The Morgan fingerprint density at radius 3 is 2.36 bits per heavy atom. The van der Waals surface area contributed by atoms with Crippen molar-refractivity contribution < 1.29 is 4.79 Å². The third-order valence-electron chi connectivity index (χ3n) is 4.74. The zero-order valence-electron chi connectivity index (χ0n) is 14.9. The van der Waals surface area contributed by atoms with E-state index in [1.54, 1.807) is 0 Å². The molecule has 2 aromatic carbocycles. The lowest BCUT2D eigenvalue weighted by Gasteiger charge is -2.28. The van der Waals surface area contributed by atoms with Gasteiger partial charge in [-0.25, -0.2) is 0 Å². The standard InChI is InChI=1S/C21H27N3O/c1-17(18-8-4-2-5-9-18)22-16-21(25)23-19-10-12-20(13-11-19)24-14-6-3-7-15-24/h2,4-5,8-13,17,22H,3,6-7,14-16H2,1H3,(H,23,25). The molecule has 0 bridgehead atoms. The Bertz CT molecular complexity index is 663. The van der Waals surface area contributed by atoms with Crippen LogP contribution in [0.4, 0.5) is 11.4 Å². The molecule has 1 atom stereocenters. The lowest BCUT2D eigenvalue weighted by Crippen LogP contribution is -2.30. The Morgan fingerprint density at radius 2 is 1.68 bits per heavy atom. The fourth-order valence-corrected chi connectivity index (χ4v) is 3.22. The summed E-state index contributed by atoms with van der Waals surface area (Å²) in [5.41, 5.74) is 3.27. The second kappa shape index (κ2) is 8.67. The molecule has 25 heavy (non-hydrogen) atoms. The molecule has 0 aromatic heterocycles. The van der Waals surface area contributed by atoms with Gasteiger partial charge in [0.15, 0.2) is 0 Å². The predicted molar refractivity (Wildman–Crippen MR) is 104 cm³/mol. The SMILES string of the molecule is CC(NCC(=O)Nc1ccc(N2CCCCC2)cc1)c1ccccc1. The smallest absolute Gasteiger partial charge is 0.238 e. The van der Waals surface area contributed by atoms with Crippen LogP contribution in [0.5, 0.6) is 0 Å². The van der Waals surface area contributed by atoms with E-state index in [2.05, 4.69) is 46.7 Å². The average Bonchev–Trinajstić information content (AvgIpc) is 2.68. The maximum atomic E-state index is 12.2. The second-order valence-corrected chi connectivity index (χ2v) is 6.66. The highest BCUT2D eigenvalue weighted by molar-refractivity contribution is 5.92. The van der Waals surface area contributed by atoms with Crippen molar-refractivity contribution in [2.75, 3.05) is 29.9 Å². The van der Waals surface area contributed by atoms with Crippen LogP contribution in [0, 0.1) is 0 Å². The van der Waals surface area contributed by atoms with Crippen LogP contribution in [0.2, 0.25) is 0 Å². The molecule has 0 aliphatic carbocycles. The zero-order valence-corrected chi connectivity index (χ0v) is 14.9. The Hall–Kier alpha value is -2.33. The Morgan fingerprint density at radius 1 is 1.00 bits per heavy atom. The second-order valence-electron chi connectivity index (χ2n) is 6.66. The van der Waals surface area contributed by atoms with Crippen LogP contribution in [-0.4, -0.2) is 25.5 Å². The summed E-state index contributed by atoms with van der Waals surface area (Å²) in [5.74, 6) is -0.0199. The van der Waals surface area contributed by atoms with E-state index < -0.39 is 0 Å². The fourth-order valence-electron chi connectivity index (χ4n) is 3.22. The van der Waals surface area contributed by atoms with E-state index in [1.165, 1.54) is 30.5 Å². The number of benzene rings is 2. The lowest BCUT2D eigenvalue weighted by atomic mass is 10.1. The maximum absolute atomic E-state index is 12.2. The molecule has 0 spiro atoms. The zero-order chi connectivity index (χ0) is 17.5. The maximum Gasteiger partial charge on any atom is 0.238 e. The predicted octanol–water partition coefficient (Wildman–Crippen LogP) is 3.97. The van der Waals surface area contributed by atoms with Gasteiger partial charge in [0.25, 0.3) is 0 Å². The molecule has 2 N–H and O–H groups in total. The van der Waals surface area contributed by atoms with Gasteiger partial charge in [-0.05, 0) is 56.0 Å². The molecule has 0 saturated carbocycles. The van der Waals surface area contributed by atoms with Gasteiger partial charge in [-0.3, -0.25) is 4.79 Å². The molecule has 1 unspecified atom stereocenters. The van der Waals surface area contributed by atoms with Gasteiger partial charge in [0.1, 0.15) is 0 Å². The molecule has 4 nitrogen and oxygen atoms in total. The van der Waals surface area contributed by atoms with Gasteiger partial charge in [-0.1, -0.05) is 30.3 Å². The molecule has 1 fully saturated rings. The number of hydrogen-bond acceptors (Lipinski definition) is 3. The summed E-state index contributed by atoms with van der Waals surface area (Å²) in [6.07, 6.45) is 3.87. The topological polar surface area (TPSA) is 44.4 Å². The van der Waals surface area contributed by atoms with Crippen LogP contribution in [0.25, 0.3) is 0 Å². The quantitative estimate of drug-likeness (QED) is 0.838. The molecule has 0 radical (unpaired) electrons. The molecule has 3 rings (SSSR count). The Kier molecular flexibility index (Phi) is 6.07. The number of nitrogens with zero attached hydrogens (tertiary/aromatic N) is 1. The highest BCUT2D eigenvalue weighted by atomic mass is 16.1. The summed E-state index contributed by atoms with van der Waals surface area (Å²) in [6.45, 7) is 4.62. The van der Waals surface area contributed by atoms with Gasteiger partial charge in [0, 0.05) is 30.5 Å². The number of piperidine rings is 1. The van der Waals surface area contributed by atoms with Crippen LogP contribution < -0.4 is 15.5 Å². The highest BCUT2D eigenvalue weighted by Crippen LogP contribution is 2.21. The number of amides is 1. The van der Waals surface area contributed by atoms with Crippen molar-refractivity contribution in [2.24, 2.45) is 0 Å². The molecule has 4 heteroatoms. The van der Waals surface area contributed by atoms with E-state index in [4.69, 9.17) is 0 Å². The summed E-state index contributed by atoms with van der Waals surface area (Å²) in [7, 11) is 0. The summed E-state index contributed by atoms with van der Waals surface area (Å²) in [4.78, 5) is 14.6. The van der Waals surface area contributed by atoms with Crippen LogP contribution in [-0.2, 0) is 4.79 Å². The normalized spacial score (nSPS) is 15.6. The van der Waals surface area contributed by atoms with Crippen LogP contribution >= 0.6 is 0 Å². The van der Waals surface area contributed by atoms with Crippen LogP contribution in [0.15, 0.2) is 54.6 Å². The lowest BCUT2D eigenvalue weighted by molar-refractivity contribution is -0.115. The van der Waals surface area contributed by atoms with Crippen LogP contribution in [0.3, 0.4) is 0 Å². The van der Waals surface area contributed by atoms with E-state index in [9.17, 15) is 4.79 Å². The number of anilines is 2. The van der Waals surface area contributed by atoms with E-state index in [0.717, 1.165) is 18.8 Å². The Labute approximate surface area is 150 Å². The minimum atomic E-state index is -0.0199. The molecule has 1 aliphatic rings. The average molecular weight is 337 g/mol. The third kappa shape index (κ3) is 5.07. The van der Waals surface area contributed by atoms with E-state index in [-0.39, 0.29) is 11.9 Å². The molecular formula is C21H27N3O. The molecule has 1 amide bonds. The van der Waals surface area contributed by atoms with Crippen molar-refractivity contribution in [2.45, 2.75) is 32.2 Å². The first-order chi connectivity index (χ1) is 12.2. The molecule has 2 aromatic rings. The first-order valence-corrected chi connectivity index (χ1v) is 9.15. The van der Waals surface area contributed by atoms with E-state index in [0.29, 0.717) is 6.54 Å². The van der Waals surface area contributed by atoms with Crippen molar-refractivity contribution in [3.63, 3.8) is 0 Å². The monoisotopic (exact) mass is 337 g/mol. The van der Waals surface area contributed by atoms with Gasteiger partial charge in [0.05, 0.1) is 6.54 Å². The van der Waals surface area contributed by atoms with Gasteiger partial charge >= 0.3 is 0 Å². The van der Waals surface area contributed by atoms with Crippen LogP contribution in [0.1, 0.15) is 37.8 Å². The van der Waals surface area contributed by atoms with Crippen molar-refractivity contribution in [3.05, 3.63) is 60.2 Å². The summed E-state index contributed by atoms with van der Waals surface area (Å²) >= 11 is 0. The van der Waals surface area contributed by atoms with E-state index >= 15 is 0 Å². The summed E-state index contributed by atoms with van der Waals surface area (Å²) in [6, 6.07) is 18.5. The Balaban J connectivity index is 1.47. The minimum Gasteiger partial charge on any atom is -0.372 e. The number of rotatable bonds is 6. The number of carbonyl (C=O) groups is 1. The number of hydrogen-bond donors (Lipinski definition) is 2. The first-order valence-electron chi connectivity index (χ1n) is 9.15. The number of carbonyl (C=O) groups excluding carboxylic acids is 1.